The summed E-state index contributed by atoms with van der Waals surface area (Å²) in [4.78, 5) is 42.4. The summed E-state index contributed by atoms with van der Waals surface area (Å²) >= 11 is 6.25. The fourth-order valence-corrected chi connectivity index (χ4v) is 6.44. The molecule has 0 aliphatic carbocycles. The highest BCUT2D eigenvalue weighted by molar-refractivity contribution is 6.33. The van der Waals surface area contributed by atoms with Crippen molar-refractivity contribution in [3.63, 3.8) is 0 Å². The minimum atomic E-state index is -1.19. The van der Waals surface area contributed by atoms with E-state index in [0.717, 1.165) is 0 Å². The molecule has 2 bridgehead atoms. The van der Waals surface area contributed by atoms with Crippen molar-refractivity contribution in [1.29, 1.82) is 0 Å². The standard InChI is InChI=1S/C27H30ClN3O6/c1-3-36-17-10-8-16(9-11-17)29-23(33)20-21-25(35)31(14-15-32)22(27(21)13-12-26(20,2)37-27)24(34)30-19-7-5-4-6-18(19)28/h4-11,20-22,32H,3,12-15H2,1-2H3,(H,29,33)(H,30,34)/t20-,21+,22?,26+,27?/m1/s1. The number of carbonyl (C=O) groups is 3. The van der Waals surface area contributed by atoms with Gasteiger partial charge in [0.1, 0.15) is 17.4 Å². The highest BCUT2D eigenvalue weighted by atomic mass is 35.5. The number of carbonyl (C=O) groups excluding carboxylic acids is 3. The van der Waals surface area contributed by atoms with Gasteiger partial charge < -0.3 is 30.1 Å². The molecule has 3 amide bonds. The van der Waals surface area contributed by atoms with E-state index < -0.39 is 35.0 Å². The number of para-hydroxylation sites is 1. The molecule has 10 heteroatoms. The normalized spacial score (nSPS) is 29.8. The molecule has 196 valence electrons. The van der Waals surface area contributed by atoms with Crippen LogP contribution in [0, 0.1) is 11.8 Å². The third-order valence-electron chi connectivity index (χ3n) is 7.71. The minimum Gasteiger partial charge on any atom is -0.494 e. The van der Waals surface area contributed by atoms with Crippen LogP contribution in [0.2, 0.25) is 5.02 Å². The third kappa shape index (κ3) is 4.15. The lowest BCUT2D eigenvalue weighted by Crippen LogP contribution is -2.53. The van der Waals surface area contributed by atoms with Crippen LogP contribution >= 0.6 is 11.6 Å². The molecule has 9 nitrogen and oxygen atoms in total. The quantitative estimate of drug-likeness (QED) is 0.486. The molecule has 1 spiro atoms. The van der Waals surface area contributed by atoms with Gasteiger partial charge in [0, 0.05) is 12.2 Å². The number of hydrogen-bond acceptors (Lipinski definition) is 6. The predicted molar refractivity (Wildman–Crippen MR) is 137 cm³/mol. The summed E-state index contributed by atoms with van der Waals surface area (Å²) < 4.78 is 12.0. The Labute approximate surface area is 220 Å². The Balaban J connectivity index is 1.45. The first kappa shape index (κ1) is 25.5. The van der Waals surface area contributed by atoms with E-state index in [1.54, 1.807) is 48.5 Å². The molecule has 3 aliphatic heterocycles. The van der Waals surface area contributed by atoms with Crippen LogP contribution in [0.3, 0.4) is 0 Å². The van der Waals surface area contributed by atoms with Gasteiger partial charge in [-0.2, -0.15) is 0 Å². The van der Waals surface area contributed by atoms with Crippen LogP contribution in [0.15, 0.2) is 48.5 Å². The van der Waals surface area contributed by atoms with Crippen molar-refractivity contribution >= 4 is 40.7 Å². The number of nitrogens with zero attached hydrogens (tertiary/aromatic N) is 1. The highest BCUT2D eigenvalue weighted by Gasteiger charge is 2.77. The number of aliphatic hydroxyl groups excluding tert-OH is 1. The van der Waals surface area contributed by atoms with E-state index in [-0.39, 0.29) is 25.0 Å². The zero-order chi connectivity index (χ0) is 26.4. The zero-order valence-electron chi connectivity index (χ0n) is 20.7. The molecule has 0 aromatic heterocycles. The summed E-state index contributed by atoms with van der Waals surface area (Å²) in [7, 11) is 0. The van der Waals surface area contributed by atoms with Crippen molar-refractivity contribution in [3.8, 4) is 5.75 Å². The molecule has 5 rings (SSSR count). The molecule has 3 fully saturated rings. The van der Waals surface area contributed by atoms with Crippen molar-refractivity contribution in [2.24, 2.45) is 11.8 Å². The monoisotopic (exact) mass is 527 g/mol. The Morgan fingerprint density at radius 2 is 1.86 bits per heavy atom. The molecule has 2 aromatic carbocycles. The van der Waals surface area contributed by atoms with Gasteiger partial charge in [-0.05, 0) is 63.1 Å². The molecular formula is C27H30ClN3O6. The summed E-state index contributed by atoms with van der Waals surface area (Å²) in [6.07, 6.45) is 0.955. The second-order valence-corrected chi connectivity index (χ2v) is 10.3. The van der Waals surface area contributed by atoms with Crippen LogP contribution in [-0.4, -0.2) is 64.7 Å². The minimum absolute atomic E-state index is 0.0506. The lowest BCUT2D eigenvalue weighted by molar-refractivity contribution is -0.143. The molecular weight excluding hydrogens is 498 g/mol. The van der Waals surface area contributed by atoms with Crippen LogP contribution in [0.4, 0.5) is 11.4 Å². The van der Waals surface area contributed by atoms with Gasteiger partial charge in [-0.3, -0.25) is 14.4 Å². The van der Waals surface area contributed by atoms with Crippen LogP contribution < -0.4 is 15.4 Å². The fourth-order valence-electron chi connectivity index (χ4n) is 6.26. The van der Waals surface area contributed by atoms with Gasteiger partial charge in [-0.25, -0.2) is 0 Å². The first-order valence-corrected chi connectivity index (χ1v) is 12.8. The van der Waals surface area contributed by atoms with Gasteiger partial charge in [-0.1, -0.05) is 23.7 Å². The van der Waals surface area contributed by atoms with E-state index in [1.807, 2.05) is 13.8 Å². The summed E-state index contributed by atoms with van der Waals surface area (Å²) in [5.41, 5.74) is -1.12. The van der Waals surface area contributed by atoms with E-state index in [1.165, 1.54) is 4.90 Å². The molecule has 5 atom stereocenters. The number of aliphatic hydroxyl groups is 1. The fraction of sp³-hybridized carbons (Fsp3) is 0.444. The Hall–Kier alpha value is -3.14. The number of hydrogen-bond donors (Lipinski definition) is 3. The van der Waals surface area contributed by atoms with Crippen molar-refractivity contribution in [2.45, 2.75) is 43.9 Å². The van der Waals surface area contributed by atoms with E-state index >= 15 is 0 Å². The van der Waals surface area contributed by atoms with Gasteiger partial charge in [0.25, 0.3) is 0 Å². The van der Waals surface area contributed by atoms with Gasteiger partial charge in [0.15, 0.2) is 0 Å². The number of ether oxygens (including phenoxy) is 2. The van der Waals surface area contributed by atoms with Crippen molar-refractivity contribution < 1.29 is 29.0 Å². The van der Waals surface area contributed by atoms with E-state index in [2.05, 4.69) is 10.6 Å². The zero-order valence-corrected chi connectivity index (χ0v) is 21.5. The summed E-state index contributed by atoms with van der Waals surface area (Å²) in [5, 5.41) is 15.8. The Bertz CT molecular complexity index is 1220. The second-order valence-electron chi connectivity index (χ2n) is 9.90. The van der Waals surface area contributed by atoms with Gasteiger partial charge in [0.05, 0.1) is 41.4 Å². The first-order valence-electron chi connectivity index (χ1n) is 12.4. The second kappa shape index (κ2) is 9.63. The molecule has 3 heterocycles. The number of benzene rings is 2. The van der Waals surface area contributed by atoms with E-state index in [0.29, 0.717) is 41.6 Å². The number of anilines is 2. The SMILES string of the molecule is CCOc1ccc(NC(=O)[C@H]2[C@H]3C(=O)N(CCO)C(C(=O)Nc4ccccc4Cl)C34CC[C@]2(C)O4)cc1. The average Bonchev–Trinajstić information content (AvgIpc) is 3.43. The summed E-state index contributed by atoms with van der Waals surface area (Å²) in [6, 6.07) is 12.8. The van der Waals surface area contributed by atoms with E-state index in [9.17, 15) is 19.5 Å². The molecule has 2 unspecified atom stereocenters. The lowest BCUT2D eigenvalue weighted by atomic mass is 9.66. The highest BCUT2D eigenvalue weighted by Crippen LogP contribution is 2.63. The van der Waals surface area contributed by atoms with E-state index in [4.69, 9.17) is 21.1 Å². The topological polar surface area (TPSA) is 117 Å². The predicted octanol–water partition coefficient (Wildman–Crippen LogP) is 3.07. The van der Waals surface area contributed by atoms with Gasteiger partial charge in [-0.15, -0.1) is 0 Å². The number of amides is 3. The lowest BCUT2D eigenvalue weighted by Gasteiger charge is -2.33. The number of nitrogens with one attached hydrogen (secondary N) is 2. The maximum atomic E-state index is 13.8. The Kier molecular flexibility index (Phi) is 6.64. The molecule has 3 aliphatic rings. The number of rotatable bonds is 8. The maximum absolute atomic E-state index is 13.8. The van der Waals surface area contributed by atoms with Crippen LogP contribution in [0.5, 0.6) is 5.75 Å². The smallest absolute Gasteiger partial charge is 0.250 e. The molecule has 0 saturated carbocycles. The third-order valence-corrected chi connectivity index (χ3v) is 8.04. The first-order chi connectivity index (χ1) is 17.7. The number of halogens is 1. The molecule has 0 radical (unpaired) electrons. The number of β-amino-alcohol motifs (C(OH)–C–C–N with tert-alkyl or cyclic N) is 1. The van der Waals surface area contributed by atoms with Crippen LogP contribution in [0.1, 0.15) is 26.7 Å². The van der Waals surface area contributed by atoms with Crippen LogP contribution in [0.25, 0.3) is 0 Å². The average molecular weight is 528 g/mol. The number of likely N-dealkylation sites (tertiary alicyclic amines) is 1. The van der Waals surface area contributed by atoms with Gasteiger partial charge >= 0.3 is 0 Å². The molecule has 37 heavy (non-hydrogen) atoms. The van der Waals surface area contributed by atoms with Crippen LogP contribution in [-0.2, 0) is 19.1 Å². The Morgan fingerprint density at radius 1 is 1.14 bits per heavy atom. The van der Waals surface area contributed by atoms with Crippen molar-refractivity contribution in [3.05, 3.63) is 53.6 Å². The Morgan fingerprint density at radius 3 is 2.54 bits per heavy atom. The largest absolute Gasteiger partial charge is 0.494 e. The molecule has 3 saturated heterocycles. The number of fused-ring (bicyclic) bond motifs is 1. The van der Waals surface area contributed by atoms with Gasteiger partial charge in [0.2, 0.25) is 17.7 Å². The molecule has 3 N–H and O–H groups in total. The maximum Gasteiger partial charge on any atom is 0.250 e. The van der Waals surface area contributed by atoms with Crippen molar-refractivity contribution in [2.75, 3.05) is 30.4 Å². The van der Waals surface area contributed by atoms with Crippen molar-refractivity contribution in [1.82, 2.24) is 4.90 Å². The summed E-state index contributed by atoms with van der Waals surface area (Å²) in [6.45, 7) is 3.87. The molecule has 2 aromatic rings. The summed E-state index contributed by atoms with van der Waals surface area (Å²) in [5.74, 6) is -2.16.